The van der Waals surface area contributed by atoms with Gasteiger partial charge in [-0.3, -0.25) is 4.99 Å². The zero-order chi connectivity index (χ0) is 17.8. The van der Waals surface area contributed by atoms with E-state index in [2.05, 4.69) is 41.3 Å². The molecule has 1 saturated heterocycles. The fourth-order valence-electron chi connectivity index (χ4n) is 3.77. The first-order valence-electron chi connectivity index (χ1n) is 9.12. The molecule has 0 radical (unpaired) electrons. The number of aliphatic imine (C=N–C) groups is 1. The molecule has 0 aromatic carbocycles. The van der Waals surface area contributed by atoms with E-state index in [1.54, 1.807) is 7.11 Å². The molecule has 2 unspecified atom stereocenters. The number of hydrogen-bond acceptors (Lipinski definition) is 4. The van der Waals surface area contributed by atoms with Gasteiger partial charge in [0.15, 0.2) is 5.96 Å². The van der Waals surface area contributed by atoms with E-state index in [1.165, 1.54) is 0 Å². The number of nitrogens with one attached hydrogen (secondary N) is 2. The van der Waals surface area contributed by atoms with Crippen molar-refractivity contribution in [2.75, 3.05) is 47.5 Å². The van der Waals surface area contributed by atoms with Gasteiger partial charge in [-0.1, -0.05) is 13.8 Å². The number of rotatable bonds is 6. The molecule has 0 spiro atoms. The summed E-state index contributed by atoms with van der Waals surface area (Å²) in [6.07, 6.45) is 3.30. The molecular weight excluding hydrogens is 304 g/mol. The molecule has 2 atom stereocenters. The van der Waals surface area contributed by atoms with Crippen molar-refractivity contribution in [1.82, 2.24) is 15.5 Å². The van der Waals surface area contributed by atoms with Crippen molar-refractivity contribution in [2.24, 2.45) is 10.4 Å². The van der Waals surface area contributed by atoms with Crippen LogP contribution in [0.25, 0.3) is 0 Å². The minimum atomic E-state index is -0.0593. The van der Waals surface area contributed by atoms with Crippen LogP contribution in [0.4, 0.5) is 0 Å². The smallest absolute Gasteiger partial charge is 0.191 e. The first kappa shape index (κ1) is 19.5. The van der Waals surface area contributed by atoms with Crippen molar-refractivity contribution in [2.45, 2.75) is 57.7 Å². The third-order valence-corrected chi connectivity index (χ3v) is 6.35. The average Bonchev–Trinajstić information content (AvgIpc) is 2.59. The summed E-state index contributed by atoms with van der Waals surface area (Å²) in [6.45, 7) is 10.8. The van der Waals surface area contributed by atoms with Gasteiger partial charge in [-0.25, -0.2) is 0 Å². The maximum Gasteiger partial charge on any atom is 0.191 e. The monoisotopic (exact) mass is 340 g/mol. The summed E-state index contributed by atoms with van der Waals surface area (Å²) in [6, 6.07) is 0.877. The number of guanidine groups is 1. The third kappa shape index (κ3) is 4.03. The molecular formula is C18H36N4O2. The van der Waals surface area contributed by atoms with Crippen LogP contribution in [0, 0.1) is 5.41 Å². The van der Waals surface area contributed by atoms with Crippen molar-refractivity contribution in [1.29, 1.82) is 0 Å². The molecule has 1 saturated carbocycles. The molecule has 140 valence electrons. The van der Waals surface area contributed by atoms with Crippen molar-refractivity contribution in [3.05, 3.63) is 0 Å². The van der Waals surface area contributed by atoms with E-state index in [1.807, 2.05) is 14.2 Å². The molecule has 0 bridgehead atoms. The van der Waals surface area contributed by atoms with E-state index >= 15 is 0 Å². The van der Waals surface area contributed by atoms with Crippen molar-refractivity contribution >= 4 is 5.96 Å². The summed E-state index contributed by atoms with van der Waals surface area (Å²) in [5.41, 5.74) is 0.0269. The highest BCUT2D eigenvalue weighted by Gasteiger charge is 2.58. The van der Waals surface area contributed by atoms with E-state index in [0.29, 0.717) is 12.1 Å². The topological polar surface area (TPSA) is 58.1 Å². The molecule has 2 rings (SSSR count). The lowest BCUT2D eigenvalue weighted by molar-refractivity contribution is -0.176. The Bertz CT molecular complexity index is 433. The van der Waals surface area contributed by atoms with Crippen LogP contribution in [0.5, 0.6) is 0 Å². The van der Waals surface area contributed by atoms with Crippen LogP contribution in [0.2, 0.25) is 0 Å². The van der Waals surface area contributed by atoms with Gasteiger partial charge in [0.05, 0.1) is 12.2 Å². The molecule has 2 aliphatic rings. The van der Waals surface area contributed by atoms with E-state index in [4.69, 9.17) is 9.47 Å². The van der Waals surface area contributed by atoms with Gasteiger partial charge in [0.2, 0.25) is 0 Å². The first-order chi connectivity index (χ1) is 11.4. The Hall–Kier alpha value is -0.850. The maximum atomic E-state index is 5.71. The summed E-state index contributed by atoms with van der Waals surface area (Å²) in [5, 5.41) is 7.21. The minimum Gasteiger partial charge on any atom is -0.383 e. The van der Waals surface area contributed by atoms with Crippen LogP contribution >= 0.6 is 0 Å². The highest BCUT2D eigenvalue weighted by atomic mass is 16.5. The number of ether oxygens (including phenoxy) is 2. The summed E-state index contributed by atoms with van der Waals surface area (Å²) < 4.78 is 10.9. The van der Waals surface area contributed by atoms with Gasteiger partial charge in [-0.15, -0.1) is 0 Å². The number of piperidine rings is 1. The van der Waals surface area contributed by atoms with Crippen LogP contribution in [0.15, 0.2) is 4.99 Å². The minimum absolute atomic E-state index is 0.0593. The van der Waals surface area contributed by atoms with Gasteiger partial charge in [0.25, 0.3) is 0 Å². The first-order valence-corrected chi connectivity index (χ1v) is 9.12. The second-order valence-electron chi connectivity index (χ2n) is 7.88. The Labute approximate surface area is 147 Å². The molecule has 0 aromatic heterocycles. The molecule has 0 aromatic rings. The summed E-state index contributed by atoms with van der Waals surface area (Å²) in [5.74, 6) is 0.918. The maximum absolute atomic E-state index is 5.71. The van der Waals surface area contributed by atoms with Gasteiger partial charge < -0.3 is 25.0 Å². The van der Waals surface area contributed by atoms with E-state index in [-0.39, 0.29) is 11.0 Å². The van der Waals surface area contributed by atoms with Crippen molar-refractivity contribution < 1.29 is 9.47 Å². The molecule has 6 heteroatoms. The highest BCUT2D eigenvalue weighted by Crippen LogP contribution is 2.51. The zero-order valence-corrected chi connectivity index (χ0v) is 16.3. The van der Waals surface area contributed by atoms with Crippen LogP contribution in [-0.4, -0.2) is 76.1 Å². The largest absolute Gasteiger partial charge is 0.383 e. The molecule has 2 N–H and O–H groups in total. The Morgan fingerprint density at radius 2 is 1.83 bits per heavy atom. The van der Waals surface area contributed by atoms with Crippen LogP contribution in [0.1, 0.15) is 40.0 Å². The number of methoxy groups -OCH3 is 2. The van der Waals surface area contributed by atoms with Gasteiger partial charge in [0, 0.05) is 58.4 Å². The lowest BCUT2D eigenvalue weighted by atomic mass is 9.56. The van der Waals surface area contributed by atoms with Crippen molar-refractivity contribution in [3.8, 4) is 0 Å². The second-order valence-corrected chi connectivity index (χ2v) is 7.88. The fourth-order valence-corrected chi connectivity index (χ4v) is 3.77. The molecule has 6 nitrogen and oxygen atoms in total. The Balaban J connectivity index is 1.78. The van der Waals surface area contributed by atoms with Crippen LogP contribution < -0.4 is 10.6 Å². The van der Waals surface area contributed by atoms with Crippen LogP contribution in [0.3, 0.4) is 0 Å². The van der Waals surface area contributed by atoms with E-state index < -0.39 is 0 Å². The molecule has 2 fully saturated rings. The quantitative estimate of drug-likeness (QED) is 0.566. The number of likely N-dealkylation sites (tertiary alicyclic amines) is 1. The normalized spacial score (nSPS) is 31.6. The fraction of sp³-hybridized carbons (Fsp3) is 0.944. The van der Waals surface area contributed by atoms with Crippen LogP contribution in [-0.2, 0) is 9.47 Å². The summed E-state index contributed by atoms with van der Waals surface area (Å²) >= 11 is 0. The standard InChI is InChI=1S/C18H36N4O2/c1-17(2)15(13-18(17,3)24-6)21-16(19-4)20-14-7-9-22(10-8-14)11-12-23-5/h14-15H,7-13H2,1-6H3,(H2,19,20,21). The van der Waals surface area contributed by atoms with Crippen molar-refractivity contribution in [3.63, 3.8) is 0 Å². The van der Waals surface area contributed by atoms with Gasteiger partial charge in [0.1, 0.15) is 0 Å². The van der Waals surface area contributed by atoms with Gasteiger partial charge >= 0.3 is 0 Å². The molecule has 1 aliphatic heterocycles. The average molecular weight is 341 g/mol. The lowest BCUT2D eigenvalue weighted by Gasteiger charge is -2.59. The Morgan fingerprint density at radius 3 is 2.33 bits per heavy atom. The van der Waals surface area contributed by atoms with Gasteiger partial charge in [-0.2, -0.15) is 0 Å². The van der Waals surface area contributed by atoms with E-state index in [0.717, 1.165) is 51.5 Å². The predicted molar refractivity (Wildman–Crippen MR) is 98.6 cm³/mol. The molecule has 24 heavy (non-hydrogen) atoms. The molecule has 0 amide bonds. The number of hydrogen-bond donors (Lipinski definition) is 2. The highest BCUT2D eigenvalue weighted by molar-refractivity contribution is 5.80. The summed E-state index contributed by atoms with van der Waals surface area (Å²) in [7, 11) is 5.42. The van der Waals surface area contributed by atoms with Gasteiger partial charge in [-0.05, 0) is 26.2 Å². The summed E-state index contributed by atoms with van der Waals surface area (Å²) in [4.78, 5) is 6.90. The lowest BCUT2D eigenvalue weighted by Crippen LogP contribution is -2.69. The SMILES string of the molecule is CN=C(NC1CCN(CCOC)CC1)NC1CC(C)(OC)C1(C)C. The Morgan fingerprint density at radius 1 is 1.17 bits per heavy atom. The predicted octanol–water partition coefficient (Wildman–Crippen LogP) is 1.47. The molecule has 1 heterocycles. The zero-order valence-electron chi connectivity index (χ0n) is 16.3. The second kappa shape index (κ2) is 8.02. The molecule has 1 aliphatic carbocycles. The third-order valence-electron chi connectivity index (χ3n) is 6.35. The van der Waals surface area contributed by atoms with E-state index in [9.17, 15) is 0 Å². The number of nitrogens with zero attached hydrogens (tertiary/aromatic N) is 2. The Kier molecular flexibility index (Phi) is 6.51.